The summed E-state index contributed by atoms with van der Waals surface area (Å²) in [7, 11) is -1.83. The van der Waals surface area contributed by atoms with Crippen molar-refractivity contribution >= 4 is 38.6 Å². The summed E-state index contributed by atoms with van der Waals surface area (Å²) in [5, 5.41) is 15.6. The van der Waals surface area contributed by atoms with E-state index in [1.165, 1.54) is 31.6 Å². The first-order valence-electron chi connectivity index (χ1n) is 9.76. The van der Waals surface area contributed by atoms with Crippen LogP contribution in [0.25, 0.3) is 0 Å². The van der Waals surface area contributed by atoms with Crippen LogP contribution in [0, 0.1) is 0 Å². The number of carbonyl (C=O) groups is 1. The average Bonchev–Trinajstić information content (AvgIpc) is 2.78. The molecule has 0 bridgehead atoms. The fourth-order valence-corrected chi connectivity index (χ4v) is 3.49. The predicted octanol–water partition coefficient (Wildman–Crippen LogP) is 3.46. The van der Waals surface area contributed by atoms with Gasteiger partial charge >= 0.3 is 0 Å². The number of aliphatic hydroxyl groups excluding tert-OH is 1. The number of nitrogens with zero attached hydrogens (tertiary/aromatic N) is 2. The van der Waals surface area contributed by atoms with Crippen molar-refractivity contribution in [1.29, 1.82) is 0 Å². The molecule has 168 valence electrons. The van der Waals surface area contributed by atoms with Crippen LogP contribution in [0.4, 0.5) is 23.0 Å². The number of aliphatic hydroxyl groups is 1. The lowest BCUT2D eigenvalue weighted by Crippen LogP contribution is -2.07. The minimum Gasteiger partial charge on any atom is -0.495 e. The Morgan fingerprint density at radius 3 is 2.38 bits per heavy atom. The molecule has 0 saturated heterocycles. The first kappa shape index (κ1) is 23.2. The molecule has 3 aromatic rings. The van der Waals surface area contributed by atoms with Crippen LogP contribution in [0.5, 0.6) is 5.75 Å². The molecule has 0 aliphatic rings. The Labute approximate surface area is 186 Å². The molecule has 0 aliphatic carbocycles. The Balaban J connectivity index is 1.94. The maximum Gasteiger partial charge on any atom is 0.177 e. The molecule has 2 heterocycles. The van der Waals surface area contributed by atoms with Crippen molar-refractivity contribution < 1.29 is 23.1 Å². The molecule has 0 atom stereocenters. The van der Waals surface area contributed by atoms with E-state index in [0.717, 1.165) is 6.26 Å². The fourth-order valence-electron chi connectivity index (χ4n) is 2.93. The second kappa shape index (κ2) is 9.75. The Morgan fingerprint density at radius 1 is 1.03 bits per heavy atom. The van der Waals surface area contributed by atoms with Crippen molar-refractivity contribution in [3.63, 3.8) is 0 Å². The zero-order valence-electron chi connectivity index (χ0n) is 17.9. The summed E-state index contributed by atoms with van der Waals surface area (Å²) in [5.74, 6) is 1.23. The highest BCUT2D eigenvalue weighted by Gasteiger charge is 2.15. The molecule has 0 amide bonds. The number of ether oxygens (including phenoxy) is 1. The number of nitrogens with one attached hydrogen (secondary N) is 2. The number of ketones is 1. The lowest BCUT2D eigenvalue weighted by atomic mass is 10.1. The molecule has 0 aliphatic heterocycles. The molecule has 3 N–H and O–H groups in total. The first-order valence-corrected chi connectivity index (χ1v) is 11.7. The van der Waals surface area contributed by atoms with Gasteiger partial charge in [0.05, 0.1) is 35.6 Å². The molecule has 0 saturated carbocycles. The van der Waals surface area contributed by atoms with Crippen LogP contribution in [-0.4, -0.2) is 42.6 Å². The summed E-state index contributed by atoms with van der Waals surface area (Å²) in [5.41, 5.74) is 2.23. The second-order valence-electron chi connectivity index (χ2n) is 6.99. The number of anilines is 4. The molecular weight excluding hydrogens is 432 g/mol. The molecule has 32 heavy (non-hydrogen) atoms. The van der Waals surface area contributed by atoms with Crippen LogP contribution in [0.3, 0.4) is 0 Å². The van der Waals surface area contributed by atoms with Gasteiger partial charge in [0.2, 0.25) is 0 Å². The molecular formula is C22H24N4O5S. The minimum absolute atomic E-state index is 0.0897. The highest BCUT2D eigenvalue weighted by Crippen LogP contribution is 2.32. The van der Waals surface area contributed by atoms with E-state index in [9.17, 15) is 18.3 Å². The molecule has 10 heteroatoms. The Morgan fingerprint density at radius 2 is 1.78 bits per heavy atom. The average molecular weight is 457 g/mol. The third kappa shape index (κ3) is 5.40. The first-order chi connectivity index (χ1) is 15.2. The van der Waals surface area contributed by atoms with Gasteiger partial charge in [0, 0.05) is 31.1 Å². The van der Waals surface area contributed by atoms with Crippen molar-refractivity contribution in [3.05, 3.63) is 59.9 Å². The third-order valence-electron chi connectivity index (χ3n) is 4.66. The predicted molar refractivity (Wildman–Crippen MR) is 122 cm³/mol. The number of methoxy groups -OCH3 is 1. The minimum atomic E-state index is -3.34. The van der Waals surface area contributed by atoms with Gasteiger partial charge in [-0.25, -0.2) is 18.4 Å². The summed E-state index contributed by atoms with van der Waals surface area (Å²) < 4.78 is 28.6. The van der Waals surface area contributed by atoms with Crippen molar-refractivity contribution in [1.82, 2.24) is 9.97 Å². The number of hydrogen-bond donors (Lipinski definition) is 3. The number of Topliss-reactive ketones (excluding diaryl/α,β-unsaturated/α-hetero) is 1. The molecule has 0 spiro atoms. The van der Waals surface area contributed by atoms with Gasteiger partial charge in [-0.1, -0.05) is 13.0 Å². The summed E-state index contributed by atoms with van der Waals surface area (Å²) >= 11 is 0. The highest BCUT2D eigenvalue weighted by atomic mass is 32.2. The van der Waals surface area contributed by atoms with E-state index < -0.39 is 9.84 Å². The van der Waals surface area contributed by atoms with Crippen LogP contribution in [0.15, 0.2) is 53.7 Å². The number of sulfone groups is 1. The maximum absolute atomic E-state index is 12.4. The monoisotopic (exact) mass is 456 g/mol. The highest BCUT2D eigenvalue weighted by molar-refractivity contribution is 7.90. The van der Waals surface area contributed by atoms with Crippen LogP contribution in [0.2, 0.25) is 0 Å². The van der Waals surface area contributed by atoms with E-state index in [0.29, 0.717) is 46.3 Å². The van der Waals surface area contributed by atoms with Gasteiger partial charge in [0.15, 0.2) is 15.6 Å². The molecule has 2 aromatic heterocycles. The topological polar surface area (TPSA) is 131 Å². The van der Waals surface area contributed by atoms with E-state index in [4.69, 9.17) is 4.74 Å². The summed E-state index contributed by atoms with van der Waals surface area (Å²) in [6.45, 7) is 1.65. The Bertz CT molecular complexity index is 1230. The molecule has 0 fully saturated rings. The summed E-state index contributed by atoms with van der Waals surface area (Å²) in [4.78, 5) is 21.0. The normalized spacial score (nSPS) is 11.1. The molecule has 1 aromatic carbocycles. The number of aromatic nitrogens is 2. The number of carbonyl (C=O) groups excluding carboxylic acids is 1. The molecule has 9 nitrogen and oxygen atoms in total. The lowest BCUT2D eigenvalue weighted by molar-refractivity contribution is 0.0988. The van der Waals surface area contributed by atoms with Gasteiger partial charge in [-0.15, -0.1) is 0 Å². The Hall–Kier alpha value is -3.50. The van der Waals surface area contributed by atoms with Crippen LogP contribution in [0.1, 0.15) is 29.3 Å². The van der Waals surface area contributed by atoms with Gasteiger partial charge in [-0.3, -0.25) is 4.79 Å². The van der Waals surface area contributed by atoms with Gasteiger partial charge < -0.3 is 20.5 Å². The van der Waals surface area contributed by atoms with E-state index >= 15 is 0 Å². The summed E-state index contributed by atoms with van der Waals surface area (Å²) in [6, 6.07) is 9.86. The molecule has 0 radical (unpaired) electrons. The third-order valence-corrected chi connectivity index (χ3v) is 5.76. The van der Waals surface area contributed by atoms with E-state index in [2.05, 4.69) is 20.6 Å². The van der Waals surface area contributed by atoms with E-state index in [-0.39, 0.29) is 17.3 Å². The van der Waals surface area contributed by atoms with Crippen molar-refractivity contribution in [3.8, 4) is 5.75 Å². The number of rotatable bonds is 9. The standard InChI is InChI=1S/C22H24N4O5S/c1-4-19(28)16-12-24-22(26-21-8-6-15(11-23-21)32(3,29)30)10-18(16)25-17-7-5-14(13-27)9-20(17)31-2/h5-12,27H,4,13H2,1-3H3,(H2,23,24,25,26). The zero-order valence-corrected chi connectivity index (χ0v) is 18.7. The second-order valence-corrected chi connectivity index (χ2v) is 9.00. The SMILES string of the molecule is CCC(=O)c1cnc(Nc2ccc(S(C)(=O)=O)cn2)cc1Nc1ccc(CO)cc1OC. The van der Waals surface area contributed by atoms with Gasteiger partial charge in [0.1, 0.15) is 17.4 Å². The molecule has 0 unspecified atom stereocenters. The Kier molecular flexibility index (Phi) is 7.06. The number of pyridine rings is 2. The largest absolute Gasteiger partial charge is 0.495 e. The number of benzene rings is 1. The van der Waals surface area contributed by atoms with Crippen LogP contribution in [-0.2, 0) is 16.4 Å². The summed E-state index contributed by atoms with van der Waals surface area (Å²) in [6.07, 6.45) is 4.15. The van der Waals surface area contributed by atoms with Crippen molar-refractivity contribution in [2.45, 2.75) is 24.8 Å². The van der Waals surface area contributed by atoms with Gasteiger partial charge in [0.25, 0.3) is 0 Å². The maximum atomic E-state index is 12.4. The number of hydrogen-bond acceptors (Lipinski definition) is 9. The zero-order chi connectivity index (χ0) is 23.3. The van der Waals surface area contributed by atoms with Crippen LogP contribution < -0.4 is 15.4 Å². The van der Waals surface area contributed by atoms with Crippen LogP contribution >= 0.6 is 0 Å². The van der Waals surface area contributed by atoms with E-state index in [1.54, 1.807) is 31.2 Å². The fraction of sp³-hybridized carbons (Fsp3) is 0.227. The van der Waals surface area contributed by atoms with Gasteiger partial charge in [-0.2, -0.15) is 0 Å². The lowest BCUT2D eigenvalue weighted by Gasteiger charge is -2.16. The quantitative estimate of drug-likeness (QED) is 0.414. The van der Waals surface area contributed by atoms with Crippen molar-refractivity contribution in [2.75, 3.05) is 24.0 Å². The van der Waals surface area contributed by atoms with E-state index in [1.807, 2.05) is 0 Å². The smallest absolute Gasteiger partial charge is 0.177 e. The van der Waals surface area contributed by atoms with Crippen molar-refractivity contribution in [2.24, 2.45) is 0 Å². The molecule has 3 rings (SSSR count). The van der Waals surface area contributed by atoms with Gasteiger partial charge in [-0.05, 0) is 29.8 Å².